The molecule has 1 aliphatic heterocycles. The smallest absolute Gasteiger partial charge is 0.276 e. The summed E-state index contributed by atoms with van der Waals surface area (Å²) in [6, 6.07) is 13.6. The van der Waals surface area contributed by atoms with Gasteiger partial charge < -0.3 is 10.6 Å². The maximum Gasteiger partial charge on any atom is 0.276 e. The topological polar surface area (TPSA) is 76.8 Å². The minimum Gasteiger partial charge on any atom is -0.340 e. The maximum atomic E-state index is 14.7. The molecule has 0 unspecified atom stereocenters. The molecule has 34 heavy (non-hydrogen) atoms. The minimum absolute atomic E-state index is 0.0930. The largest absolute Gasteiger partial charge is 0.340 e. The molecule has 4 aromatic rings. The van der Waals surface area contributed by atoms with Crippen LogP contribution in [0.1, 0.15) is 49.6 Å². The summed E-state index contributed by atoms with van der Waals surface area (Å²) in [7, 11) is 0. The number of halogens is 1. The molecule has 2 N–H and O–H groups in total. The van der Waals surface area contributed by atoms with Gasteiger partial charge in [0.2, 0.25) is 0 Å². The summed E-state index contributed by atoms with van der Waals surface area (Å²) in [5.74, 6) is 1.17. The number of aromatic nitrogens is 4. The average molecular weight is 459 g/mol. The molecule has 1 saturated carbocycles. The van der Waals surface area contributed by atoms with Gasteiger partial charge in [0.05, 0.1) is 22.6 Å². The first-order valence-electron chi connectivity index (χ1n) is 11.8. The van der Waals surface area contributed by atoms with Crippen LogP contribution in [0.2, 0.25) is 0 Å². The first-order valence-corrected chi connectivity index (χ1v) is 11.8. The van der Waals surface area contributed by atoms with Gasteiger partial charge in [0.25, 0.3) is 5.56 Å². The average Bonchev–Trinajstić information content (AvgIpc) is 3.62. The fourth-order valence-corrected chi connectivity index (χ4v) is 4.64. The molecule has 0 radical (unpaired) electrons. The molecule has 1 aliphatic carbocycles. The van der Waals surface area contributed by atoms with Gasteiger partial charge in [0, 0.05) is 24.5 Å². The Morgan fingerprint density at radius 2 is 2.00 bits per heavy atom. The van der Waals surface area contributed by atoms with Crippen molar-refractivity contribution in [3.8, 4) is 5.82 Å². The van der Waals surface area contributed by atoms with E-state index >= 15 is 0 Å². The molecule has 174 valence electrons. The number of alkyl halides is 1. The highest BCUT2D eigenvalue weighted by Crippen LogP contribution is 2.36. The third-order valence-corrected chi connectivity index (χ3v) is 6.58. The second-order valence-corrected chi connectivity index (χ2v) is 9.67. The molecule has 3 aromatic heterocycles. The second kappa shape index (κ2) is 7.77. The predicted molar refractivity (Wildman–Crippen MR) is 131 cm³/mol. The van der Waals surface area contributed by atoms with Gasteiger partial charge in [-0.2, -0.15) is 0 Å². The van der Waals surface area contributed by atoms with Crippen molar-refractivity contribution < 1.29 is 4.39 Å². The Kier molecular flexibility index (Phi) is 4.81. The van der Waals surface area contributed by atoms with Crippen LogP contribution in [-0.4, -0.2) is 25.9 Å². The van der Waals surface area contributed by atoms with Crippen molar-refractivity contribution in [2.45, 2.75) is 51.4 Å². The van der Waals surface area contributed by atoms with Crippen molar-refractivity contribution in [3.63, 3.8) is 0 Å². The van der Waals surface area contributed by atoms with Crippen molar-refractivity contribution >= 4 is 22.4 Å². The predicted octanol–water partition coefficient (Wildman–Crippen LogP) is 4.51. The summed E-state index contributed by atoms with van der Waals surface area (Å²) >= 11 is 0. The van der Waals surface area contributed by atoms with Crippen molar-refractivity contribution in [2.75, 3.05) is 11.9 Å². The summed E-state index contributed by atoms with van der Waals surface area (Å²) in [4.78, 5) is 22.4. The highest BCUT2D eigenvalue weighted by molar-refractivity contribution is 5.82. The zero-order chi connectivity index (χ0) is 23.4. The van der Waals surface area contributed by atoms with E-state index in [2.05, 4.69) is 38.8 Å². The lowest BCUT2D eigenvalue weighted by Gasteiger charge is -2.18. The molecule has 1 aromatic carbocycles. The maximum absolute atomic E-state index is 14.7. The van der Waals surface area contributed by atoms with Crippen LogP contribution in [0.5, 0.6) is 0 Å². The molecular weight excluding hydrogens is 431 g/mol. The molecule has 1 fully saturated rings. The fraction of sp³-hybridized carbons (Fsp3) is 0.346. The van der Waals surface area contributed by atoms with Crippen LogP contribution >= 0.6 is 0 Å². The van der Waals surface area contributed by atoms with Crippen molar-refractivity contribution in [1.29, 1.82) is 0 Å². The lowest BCUT2D eigenvalue weighted by atomic mass is 10.0. The van der Waals surface area contributed by atoms with Gasteiger partial charge in [-0.25, -0.2) is 23.7 Å². The third kappa shape index (κ3) is 3.68. The number of anilines is 2. The van der Waals surface area contributed by atoms with Gasteiger partial charge in [-0.05, 0) is 75.0 Å². The zero-order valence-corrected chi connectivity index (χ0v) is 19.3. The van der Waals surface area contributed by atoms with Crippen molar-refractivity contribution in [2.24, 2.45) is 0 Å². The number of nitrogens with one attached hydrogen (secondary N) is 2. The number of pyridine rings is 2. The molecule has 6 rings (SSSR count). The van der Waals surface area contributed by atoms with E-state index in [9.17, 15) is 9.18 Å². The second-order valence-electron chi connectivity index (χ2n) is 9.67. The van der Waals surface area contributed by atoms with E-state index in [1.54, 1.807) is 23.0 Å². The molecule has 2 aliphatic rings. The molecule has 7 nitrogen and oxygen atoms in total. The number of hydrogen-bond acceptors (Lipinski definition) is 5. The number of hydrogen-bond donors (Lipinski definition) is 2. The summed E-state index contributed by atoms with van der Waals surface area (Å²) < 4.78 is 18.2. The van der Waals surface area contributed by atoms with Crippen LogP contribution in [-0.2, 0) is 18.6 Å². The van der Waals surface area contributed by atoms with Crippen LogP contribution in [0.25, 0.3) is 16.7 Å². The number of rotatable bonds is 5. The standard InChI is InChI=1S/C26H27FN6O/c1-26(2,27)22-4-3-5-24(31-22)33-21-13-23(29-15-20(21)25(34)32(33)19-8-9-19)30-18-7-6-17-14-28-11-10-16(17)12-18/h3-7,12-13,15,19,28H,8-11,14H2,1-2H3,(H,29,30). The van der Waals surface area contributed by atoms with Crippen LogP contribution in [0, 0.1) is 0 Å². The van der Waals surface area contributed by atoms with Crippen molar-refractivity contribution in [1.82, 2.24) is 24.6 Å². The van der Waals surface area contributed by atoms with Crippen LogP contribution in [0.15, 0.2) is 53.5 Å². The first kappa shape index (κ1) is 21.0. The molecule has 0 spiro atoms. The van der Waals surface area contributed by atoms with Gasteiger partial charge >= 0.3 is 0 Å². The van der Waals surface area contributed by atoms with E-state index in [1.807, 2.05) is 16.8 Å². The Hall–Kier alpha value is -3.52. The monoisotopic (exact) mass is 458 g/mol. The SMILES string of the molecule is CC(C)(F)c1cccc(-n2c3cc(Nc4ccc5c(c4)CCNC5)ncc3c(=O)n2C2CC2)n1. The molecule has 4 heterocycles. The molecule has 8 heteroatoms. The Morgan fingerprint density at radius 3 is 2.79 bits per heavy atom. The summed E-state index contributed by atoms with van der Waals surface area (Å²) in [5, 5.41) is 7.32. The van der Waals surface area contributed by atoms with Gasteiger partial charge in [0.15, 0.2) is 5.82 Å². The number of benzene rings is 1. The Bertz CT molecular complexity index is 1460. The quantitative estimate of drug-likeness (QED) is 0.460. The van der Waals surface area contributed by atoms with E-state index in [1.165, 1.54) is 25.0 Å². The highest BCUT2D eigenvalue weighted by atomic mass is 19.1. The molecule has 0 saturated heterocycles. The fourth-order valence-electron chi connectivity index (χ4n) is 4.64. The first-order chi connectivity index (χ1) is 16.4. The van der Waals surface area contributed by atoms with Crippen LogP contribution in [0.4, 0.5) is 15.9 Å². The molecule has 0 amide bonds. The Balaban J connectivity index is 1.46. The van der Waals surface area contributed by atoms with Gasteiger partial charge in [-0.1, -0.05) is 12.1 Å². The number of fused-ring (bicyclic) bond motifs is 2. The van der Waals surface area contributed by atoms with Crippen LogP contribution < -0.4 is 16.2 Å². The van der Waals surface area contributed by atoms with E-state index in [0.717, 1.165) is 38.0 Å². The zero-order valence-electron chi connectivity index (χ0n) is 19.3. The lowest BCUT2D eigenvalue weighted by Crippen LogP contribution is -2.23. The highest BCUT2D eigenvalue weighted by Gasteiger charge is 2.31. The number of nitrogens with zero attached hydrogens (tertiary/aromatic N) is 4. The molecular formula is C26H27FN6O. The Labute approximate surface area is 196 Å². The minimum atomic E-state index is -1.58. The normalized spacial score (nSPS) is 16.0. The van der Waals surface area contributed by atoms with E-state index < -0.39 is 5.67 Å². The van der Waals surface area contributed by atoms with Gasteiger partial charge in [-0.3, -0.25) is 4.79 Å². The molecule has 0 bridgehead atoms. The Morgan fingerprint density at radius 1 is 1.15 bits per heavy atom. The van der Waals surface area contributed by atoms with Gasteiger partial charge in [0.1, 0.15) is 11.5 Å². The van der Waals surface area contributed by atoms with Crippen LogP contribution in [0.3, 0.4) is 0 Å². The van der Waals surface area contributed by atoms with E-state index in [0.29, 0.717) is 28.2 Å². The lowest BCUT2D eigenvalue weighted by molar-refractivity contribution is 0.214. The molecule has 0 atom stereocenters. The summed E-state index contributed by atoms with van der Waals surface area (Å²) in [6.07, 6.45) is 4.49. The van der Waals surface area contributed by atoms with E-state index in [-0.39, 0.29) is 11.6 Å². The third-order valence-electron chi connectivity index (χ3n) is 6.58. The van der Waals surface area contributed by atoms with Gasteiger partial charge in [-0.15, -0.1) is 0 Å². The van der Waals surface area contributed by atoms with Crippen molar-refractivity contribution in [3.05, 3.63) is 75.8 Å². The van der Waals surface area contributed by atoms with E-state index in [4.69, 9.17) is 0 Å². The summed E-state index contributed by atoms with van der Waals surface area (Å²) in [5.41, 5.74) is 2.97. The summed E-state index contributed by atoms with van der Waals surface area (Å²) in [6.45, 7) is 4.84.